The van der Waals surface area contributed by atoms with Crippen LogP contribution in [0.2, 0.25) is 5.02 Å². The summed E-state index contributed by atoms with van der Waals surface area (Å²) in [5.74, 6) is 0. The maximum atomic E-state index is 13.3. The highest BCUT2D eigenvalue weighted by Crippen LogP contribution is 2.41. The van der Waals surface area contributed by atoms with Gasteiger partial charge in [0.05, 0.1) is 0 Å². The molecule has 1 heterocycles. The monoisotopic (exact) mass is 309 g/mol. The minimum absolute atomic E-state index is 0.165. The first-order valence-corrected chi connectivity index (χ1v) is 6.69. The average Bonchev–Trinajstić information content (AvgIpc) is 2.78. The Bertz CT molecular complexity index is 801. The summed E-state index contributed by atoms with van der Waals surface area (Å²) in [6.45, 7) is 1.85. The van der Waals surface area contributed by atoms with E-state index < -0.39 is 11.9 Å². The zero-order valence-electron chi connectivity index (χ0n) is 11.1. The van der Waals surface area contributed by atoms with Gasteiger partial charge in [0.15, 0.2) is 0 Å². The van der Waals surface area contributed by atoms with E-state index in [1.807, 2.05) is 6.92 Å². The number of alkyl halides is 3. The topological polar surface area (TPSA) is 15.8 Å². The van der Waals surface area contributed by atoms with Gasteiger partial charge in [-0.3, -0.25) is 0 Å². The molecule has 1 nitrogen and oxygen atoms in total. The number of H-pyrrole nitrogens is 1. The van der Waals surface area contributed by atoms with Crippen LogP contribution in [0.1, 0.15) is 11.3 Å². The van der Waals surface area contributed by atoms with Crippen LogP contribution in [0.3, 0.4) is 0 Å². The number of fused-ring (bicyclic) bond motifs is 1. The molecule has 0 unspecified atom stereocenters. The second-order valence-corrected chi connectivity index (χ2v) is 5.37. The molecule has 5 heteroatoms. The molecule has 108 valence electrons. The molecule has 1 aromatic heterocycles. The number of rotatable bonds is 1. The Labute approximate surface area is 124 Å². The first-order valence-electron chi connectivity index (χ1n) is 6.32. The van der Waals surface area contributed by atoms with Crippen molar-refractivity contribution in [1.82, 2.24) is 4.98 Å². The molecule has 0 bridgehead atoms. The van der Waals surface area contributed by atoms with Gasteiger partial charge in [-0.2, -0.15) is 13.2 Å². The molecule has 0 amide bonds. The molecule has 0 fully saturated rings. The summed E-state index contributed by atoms with van der Waals surface area (Å²) in [6.07, 6.45) is -4.44. The van der Waals surface area contributed by atoms with Crippen LogP contribution in [0, 0.1) is 6.92 Å². The molecule has 3 rings (SSSR count). The SMILES string of the molecule is Cc1ccc2[nH]c(C(F)(F)F)c(-c3ccc(Cl)cc3)c2c1. The summed E-state index contributed by atoms with van der Waals surface area (Å²) in [7, 11) is 0. The Morgan fingerprint density at radius 3 is 2.29 bits per heavy atom. The fourth-order valence-corrected chi connectivity index (χ4v) is 2.56. The summed E-state index contributed by atoms with van der Waals surface area (Å²) in [6, 6.07) is 11.6. The number of aryl methyl sites for hydroxylation is 1. The van der Waals surface area contributed by atoms with Crippen molar-refractivity contribution in [2.75, 3.05) is 0 Å². The molecule has 3 aromatic rings. The van der Waals surface area contributed by atoms with Crippen LogP contribution >= 0.6 is 11.6 Å². The summed E-state index contributed by atoms with van der Waals surface area (Å²) in [5.41, 5.74) is 1.30. The Hall–Kier alpha value is -1.94. The summed E-state index contributed by atoms with van der Waals surface area (Å²) < 4.78 is 39.9. The van der Waals surface area contributed by atoms with Gasteiger partial charge in [-0.15, -0.1) is 0 Å². The lowest BCUT2D eigenvalue weighted by molar-refractivity contribution is -0.140. The molecule has 2 aromatic carbocycles. The van der Waals surface area contributed by atoms with Gasteiger partial charge in [0.1, 0.15) is 5.69 Å². The zero-order chi connectivity index (χ0) is 15.2. The Morgan fingerprint density at radius 1 is 1.00 bits per heavy atom. The van der Waals surface area contributed by atoms with Gasteiger partial charge in [0, 0.05) is 21.5 Å². The van der Waals surface area contributed by atoms with E-state index >= 15 is 0 Å². The lowest BCUT2D eigenvalue weighted by atomic mass is 10.0. The molecule has 21 heavy (non-hydrogen) atoms. The molecule has 0 aliphatic heterocycles. The molecule has 0 saturated carbocycles. The minimum atomic E-state index is -4.44. The standard InChI is InChI=1S/C16H11ClF3N/c1-9-2-7-13-12(8-9)14(15(21-13)16(18,19)20)10-3-5-11(17)6-4-10/h2-8,21H,1H3. The van der Waals surface area contributed by atoms with Gasteiger partial charge in [0.2, 0.25) is 0 Å². The van der Waals surface area contributed by atoms with Crippen LogP contribution in [-0.2, 0) is 6.18 Å². The number of aromatic amines is 1. The van der Waals surface area contributed by atoms with E-state index in [0.29, 0.717) is 21.5 Å². The van der Waals surface area contributed by atoms with Crippen LogP contribution < -0.4 is 0 Å². The van der Waals surface area contributed by atoms with E-state index in [9.17, 15) is 13.2 Å². The second-order valence-electron chi connectivity index (χ2n) is 4.93. The van der Waals surface area contributed by atoms with Gasteiger partial charge < -0.3 is 4.98 Å². The number of aromatic nitrogens is 1. The fraction of sp³-hybridized carbons (Fsp3) is 0.125. The van der Waals surface area contributed by atoms with E-state index in [4.69, 9.17) is 11.6 Å². The summed E-state index contributed by atoms with van der Waals surface area (Å²) in [4.78, 5) is 2.49. The molecule has 0 atom stereocenters. The van der Waals surface area contributed by atoms with Crippen LogP contribution in [0.15, 0.2) is 42.5 Å². The predicted molar refractivity (Wildman–Crippen MR) is 78.5 cm³/mol. The van der Waals surface area contributed by atoms with E-state index in [2.05, 4.69) is 4.98 Å². The van der Waals surface area contributed by atoms with E-state index in [1.165, 1.54) is 0 Å². The number of nitrogens with one attached hydrogen (secondary N) is 1. The average molecular weight is 310 g/mol. The molecule has 0 aliphatic rings. The quantitative estimate of drug-likeness (QED) is 0.583. The number of hydrogen-bond donors (Lipinski definition) is 1. The van der Waals surface area contributed by atoms with Gasteiger partial charge in [0.25, 0.3) is 0 Å². The third-order valence-electron chi connectivity index (χ3n) is 3.37. The Morgan fingerprint density at radius 2 is 1.67 bits per heavy atom. The van der Waals surface area contributed by atoms with Crippen molar-refractivity contribution >= 4 is 22.5 Å². The van der Waals surface area contributed by atoms with Crippen molar-refractivity contribution < 1.29 is 13.2 Å². The Kier molecular flexibility index (Phi) is 3.21. The lowest BCUT2D eigenvalue weighted by Crippen LogP contribution is -2.07. The third-order valence-corrected chi connectivity index (χ3v) is 3.62. The predicted octanol–water partition coefficient (Wildman–Crippen LogP) is 5.82. The van der Waals surface area contributed by atoms with Crippen molar-refractivity contribution in [3.63, 3.8) is 0 Å². The van der Waals surface area contributed by atoms with Crippen LogP contribution in [0.25, 0.3) is 22.0 Å². The highest BCUT2D eigenvalue weighted by molar-refractivity contribution is 6.30. The smallest absolute Gasteiger partial charge is 0.350 e. The van der Waals surface area contributed by atoms with Crippen molar-refractivity contribution in [2.24, 2.45) is 0 Å². The zero-order valence-corrected chi connectivity index (χ0v) is 11.8. The van der Waals surface area contributed by atoms with Crippen molar-refractivity contribution in [1.29, 1.82) is 0 Å². The Balaban J connectivity index is 2.36. The molecular weight excluding hydrogens is 299 g/mol. The second kappa shape index (κ2) is 4.81. The van der Waals surface area contributed by atoms with Crippen molar-refractivity contribution in [3.8, 4) is 11.1 Å². The molecule has 0 saturated heterocycles. The van der Waals surface area contributed by atoms with Gasteiger partial charge in [-0.1, -0.05) is 35.4 Å². The van der Waals surface area contributed by atoms with Crippen LogP contribution in [0.4, 0.5) is 13.2 Å². The van der Waals surface area contributed by atoms with Gasteiger partial charge in [-0.05, 0) is 36.8 Å². The number of benzene rings is 2. The van der Waals surface area contributed by atoms with Crippen molar-refractivity contribution in [2.45, 2.75) is 13.1 Å². The molecule has 0 spiro atoms. The number of hydrogen-bond acceptors (Lipinski definition) is 0. The summed E-state index contributed by atoms with van der Waals surface area (Å²) in [5, 5.41) is 1.05. The maximum absolute atomic E-state index is 13.3. The van der Waals surface area contributed by atoms with Crippen LogP contribution in [0.5, 0.6) is 0 Å². The first-order chi connectivity index (χ1) is 9.86. The molecular formula is C16H11ClF3N. The largest absolute Gasteiger partial charge is 0.431 e. The van der Waals surface area contributed by atoms with Gasteiger partial charge in [-0.25, -0.2) is 0 Å². The van der Waals surface area contributed by atoms with E-state index in [-0.39, 0.29) is 5.56 Å². The molecule has 0 aliphatic carbocycles. The molecule has 0 radical (unpaired) electrons. The van der Waals surface area contributed by atoms with Crippen LogP contribution in [-0.4, -0.2) is 4.98 Å². The number of halogens is 4. The lowest BCUT2D eigenvalue weighted by Gasteiger charge is -2.09. The van der Waals surface area contributed by atoms with E-state index in [1.54, 1.807) is 42.5 Å². The first kappa shape index (κ1) is 14.0. The highest BCUT2D eigenvalue weighted by atomic mass is 35.5. The third kappa shape index (κ3) is 2.51. The normalized spacial score (nSPS) is 12.0. The van der Waals surface area contributed by atoms with Crippen molar-refractivity contribution in [3.05, 3.63) is 58.7 Å². The molecule has 1 N–H and O–H groups in total. The summed E-state index contributed by atoms with van der Waals surface area (Å²) >= 11 is 5.82. The minimum Gasteiger partial charge on any atom is -0.350 e. The maximum Gasteiger partial charge on any atom is 0.431 e. The van der Waals surface area contributed by atoms with Gasteiger partial charge >= 0.3 is 6.18 Å². The van der Waals surface area contributed by atoms with E-state index in [0.717, 1.165) is 5.56 Å². The fourth-order valence-electron chi connectivity index (χ4n) is 2.43. The highest BCUT2D eigenvalue weighted by Gasteiger charge is 2.36.